The molecule has 0 fully saturated rings. The van der Waals surface area contributed by atoms with Crippen LogP contribution >= 0.6 is 0 Å². The van der Waals surface area contributed by atoms with Gasteiger partial charge >= 0.3 is 23.9 Å². The zero-order chi connectivity index (χ0) is 29.7. The predicted octanol–water partition coefficient (Wildman–Crippen LogP) is 5.15. The molecule has 5 atom stereocenters. The van der Waals surface area contributed by atoms with Crippen LogP contribution in [0.25, 0.3) is 0 Å². The molecule has 0 saturated heterocycles. The molecule has 0 spiro atoms. The van der Waals surface area contributed by atoms with Crippen LogP contribution < -0.4 is 15.2 Å². The number of hydrogen-bond donors (Lipinski definition) is 1. The molecule has 1 rings (SSSR count). The van der Waals surface area contributed by atoms with E-state index in [-0.39, 0.29) is 60.9 Å². The van der Waals surface area contributed by atoms with Gasteiger partial charge in [0.1, 0.15) is 18.2 Å². The Labute approximate surface area is 233 Å². The summed E-state index contributed by atoms with van der Waals surface area (Å²) in [6.45, 7) is 15.0. The van der Waals surface area contributed by atoms with E-state index in [0.717, 1.165) is 12.8 Å². The molecule has 2 unspecified atom stereocenters. The van der Waals surface area contributed by atoms with Crippen molar-refractivity contribution < 1.29 is 38.1 Å². The molecule has 0 amide bonds. The fraction of sp³-hybridized carbons (Fsp3) is 0.667. The lowest BCUT2D eigenvalue weighted by atomic mass is 10.0. The molecule has 1 aromatic rings. The fourth-order valence-electron chi connectivity index (χ4n) is 3.42. The molecule has 0 heterocycles. The van der Waals surface area contributed by atoms with E-state index in [9.17, 15) is 19.2 Å². The molecule has 9 heteroatoms. The van der Waals surface area contributed by atoms with Crippen LogP contribution in [0.5, 0.6) is 11.5 Å². The SMILES string of the molecule is CCC(C)CC(=O)Oc1ccc(C[C@H](N)C(=O)O[C@@H](C)[C@H](C)OC(=O)CC(C)C)cc1OC(=O)CC(C)CC. The van der Waals surface area contributed by atoms with Gasteiger partial charge in [-0.1, -0.05) is 60.5 Å². The van der Waals surface area contributed by atoms with Crippen molar-refractivity contribution in [1.29, 1.82) is 0 Å². The highest BCUT2D eigenvalue weighted by atomic mass is 16.6. The van der Waals surface area contributed by atoms with E-state index in [4.69, 9.17) is 24.7 Å². The summed E-state index contributed by atoms with van der Waals surface area (Å²) in [6.07, 6.45) is 1.13. The van der Waals surface area contributed by atoms with Crippen molar-refractivity contribution >= 4 is 23.9 Å². The lowest BCUT2D eigenvalue weighted by Crippen LogP contribution is -2.39. The highest BCUT2D eigenvalue weighted by Crippen LogP contribution is 2.31. The minimum Gasteiger partial charge on any atom is -0.459 e. The molecular weight excluding hydrogens is 502 g/mol. The van der Waals surface area contributed by atoms with E-state index < -0.39 is 36.2 Å². The first-order chi connectivity index (χ1) is 18.2. The summed E-state index contributed by atoms with van der Waals surface area (Å²) in [6, 6.07) is 3.72. The van der Waals surface area contributed by atoms with E-state index in [0.29, 0.717) is 5.56 Å². The largest absolute Gasteiger partial charge is 0.459 e. The molecule has 1 aromatic carbocycles. The number of carbonyl (C=O) groups excluding carboxylic acids is 4. The Kier molecular flexibility index (Phi) is 14.8. The third kappa shape index (κ3) is 13.1. The van der Waals surface area contributed by atoms with E-state index in [1.807, 2.05) is 41.5 Å². The van der Waals surface area contributed by atoms with Gasteiger partial charge in [-0.15, -0.1) is 0 Å². The Balaban J connectivity index is 2.95. The average molecular weight is 550 g/mol. The number of benzene rings is 1. The second-order valence-electron chi connectivity index (χ2n) is 10.9. The Hall–Kier alpha value is -2.94. The van der Waals surface area contributed by atoms with Crippen LogP contribution in [0.3, 0.4) is 0 Å². The normalized spacial score (nSPS) is 15.0. The fourth-order valence-corrected chi connectivity index (χ4v) is 3.42. The Morgan fingerprint density at radius 2 is 1.23 bits per heavy atom. The summed E-state index contributed by atoms with van der Waals surface area (Å²) in [5, 5.41) is 0. The van der Waals surface area contributed by atoms with Crippen molar-refractivity contribution in [3.8, 4) is 11.5 Å². The van der Waals surface area contributed by atoms with E-state index in [1.54, 1.807) is 26.0 Å². The molecule has 0 aromatic heterocycles. The molecule has 0 aliphatic carbocycles. The Morgan fingerprint density at radius 1 is 0.718 bits per heavy atom. The first-order valence-electron chi connectivity index (χ1n) is 13.9. The van der Waals surface area contributed by atoms with E-state index in [1.165, 1.54) is 6.07 Å². The summed E-state index contributed by atoms with van der Waals surface area (Å²) >= 11 is 0. The molecule has 2 N–H and O–H groups in total. The average Bonchev–Trinajstić information content (AvgIpc) is 2.84. The molecule has 9 nitrogen and oxygen atoms in total. The van der Waals surface area contributed by atoms with E-state index >= 15 is 0 Å². The highest BCUT2D eigenvalue weighted by molar-refractivity contribution is 5.78. The minimum absolute atomic E-state index is 0.0874. The van der Waals surface area contributed by atoms with Crippen LogP contribution in [-0.2, 0) is 35.1 Å². The molecule has 0 bridgehead atoms. The number of ether oxygens (including phenoxy) is 4. The molecule has 0 aliphatic rings. The third-order valence-electron chi connectivity index (χ3n) is 6.49. The topological polar surface area (TPSA) is 131 Å². The van der Waals surface area contributed by atoms with Gasteiger partial charge in [0, 0.05) is 19.3 Å². The van der Waals surface area contributed by atoms with Gasteiger partial charge in [-0.25, -0.2) is 0 Å². The van der Waals surface area contributed by atoms with Crippen molar-refractivity contribution in [3.63, 3.8) is 0 Å². The molecule has 0 saturated carbocycles. The van der Waals surface area contributed by atoms with Gasteiger partial charge < -0.3 is 24.7 Å². The second-order valence-corrected chi connectivity index (χ2v) is 10.9. The zero-order valence-electron chi connectivity index (χ0n) is 24.8. The van der Waals surface area contributed by atoms with Crippen molar-refractivity contribution in [3.05, 3.63) is 23.8 Å². The number of rotatable bonds is 16. The summed E-state index contributed by atoms with van der Waals surface area (Å²) in [5.74, 6) is -1.21. The lowest BCUT2D eigenvalue weighted by molar-refractivity contribution is -0.166. The van der Waals surface area contributed by atoms with Crippen LogP contribution in [-0.4, -0.2) is 42.1 Å². The van der Waals surface area contributed by atoms with Crippen LogP contribution in [0.2, 0.25) is 0 Å². The van der Waals surface area contributed by atoms with E-state index in [2.05, 4.69) is 0 Å². The molecule has 0 aliphatic heterocycles. The van der Waals surface area contributed by atoms with Gasteiger partial charge in [-0.2, -0.15) is 0 Å². The monoisotopic (exact) mass is 549 g/mol. The number of esters is 4. The quantitative estimate of drug-likeness (QED) is 0.220. The molecular formula is C30H47NO8. The highest BCUT2D eigenvalue weighted by Gasteiger charge is 2.25. The summed E-state index contributed by atoms with van der Waals surface area (Å²) in [7, 11) is 0. The van der Waals surface area contributed by atoms with Crippen LogP contribution in [0, 0.1) is 17.8 Å². The summed E-state index contributed by atoms with van der Waals surface area (Å²) in [5.41, 5.74) is 6.71. The van der Waals surface area contributed by atoms with Gasteiger partial charge in [-0.3, -0.25) is 19.2 Å². The smallest absolute Gasteiger partial charge is 0.323 e. The minimum atomic E-state index is -1.02. The second kappa shape index (κ2) is 16.9. The van der Waals surface area contributed by atoms with Crippen LogP contribution in [0.15, 0.2) is 18.2 Å². The number of carbonyl (C=O) groups is 4. The van der Waals surface area contributed by atoms with Crippen LogP contribution in [0.4, 0.5) is 0 Å². The number of nitrogens with two attached hydrogens (primary N) is 1. The van der Waals surface area contributed by atoms with Crippen molar-refractivity contribution in [2.24, 2.45) is 23.5 Å². The van der Waals surface area contributed by atoms with Crippen molar-refractivity contribution in [2.45, 2.75) is 112 Å². The standard InChI is InChI=1S/C30H47NO8/c1-9-19(5)14-28(33)38-25-12-11-23(17-26(25)39-29(34)15-20(6)10-2)16-24(31)30(35)37-22(8)21(7)36-27(32)13-18(3)4/h11-12,17-22,24H,9-10,13-16,31H2,1-8H3/t19?,20?,21-,22-,24-/m0/s1. The maximum Gasteiger partial charge on any atom is 0.323 e. The maximum absolute atomic E-state index is 12.6. The summed E-state index contributed by atoms with van der Waals surface area (Å²) in [4.78, 5) is 49.5. The van der Waals surface area contributed by atoms with Gasteiger partial charge in [0.05, 0.1) is 0 Å². The van der Waals surface area contributed by atoms with Crippen molar-refractivity contribution in [1.82, 2.24) is 0 Å². The molecule has 39 heavy (non-hydrogen) atoms. The zero-order valence-corrected chi connectivity index (χ0v) is 24.8. The number of hydrogen-bond acceptors (Lipinski definition) is 9. The Morgan fingerprint density at radius 3 is 1.74 bits per heavy atom. The summed E-state index contributed by atoms with van der Waals surface area (Å²) < 4.78 is 21.9. The van der Waals surface area contributed by atoms with Crippen molar-refractivity contribution in [2.75, 3.05) is 0 Å². The van der Waals surface area contributed by atoms with Gasteiger partial charge in [0.2, 0.25) is 0 Å². The maximum atomic E-state index is 12.6. The lowest BCUT2D eigenvalue weighted by Gasteiger charge is -2.23. The van der Waals surface area contributed by atoms with Gasteiger partial charge in [0.25, 0.3) is 0 Å². The van der Waals surface area contributed by atoms with Gasteiger partial charge in [0.15, 0.2) is 11.5 Å². The van der Waals surface area contributed by atoms with Crippen LogP contribution in [0.1, 0.15) is 93.1 Å². The molecule has 220 valence electrons. The first-order valence-corrected chi connectivity index (χ1v) is 13.9. The molecule has 0 radical (unpaired) electrons. The van der Waals surface area contributed by atoms with Gasteiger partial charge in [-0.05, 0) is 55.7 Å². The Bertz CT molecular complexity index is 960. The first kappa shape index (κ1) is 34.1. The predicted molar refractivity (Wildman–Crippen MR) is 148 cm³/mol. The third-order valence-corrected chi connectivity index (χ3v) is 6.49.